The molecule has 86 valence electrons. The van der Waals surface area contributed by atoms with Gasteiger partial charge in [0.25, 0.3) is 0 Å². The number of hydrogen-bond acceptors (Lipinski definition) is 4. The molecule has 0 fully saturated rings. The van der Waals surface area contributed by atoms with Crippen LogP contribution in [0.2, 0.25) is 0 Å². The summed E-state index contributed by atoms with van der Waals surface area (Å²) in [6, 6.07) is 0. The zero-order valence-corrected chi connectivity index (χ0v) is 9.51. The molecule has 0 aromatic carbocycles. The molecule has 2 N–H and O–H groups in total. The van der Waals surface area contributed by atoms with E-state index in [-0.39, 0.29) is 5.97 Å². The van der Waals surface area contributed by atoms with Gasteiger partial charge in [-0.05, 0) is 13.3 Å². The van der Waals surface area contributed by atoms with E-state index < -0.39 is 0 Å². The Hall–Kier alpha value is -1.48. The van der Waals surface area contributed by atoms with Crippen LogP contribution in [0.5, 0.6) is 0 Å². The highest BCUT2D eigenvalue weighted by Crippen LogP contribution is 2.00. The summed E-state index contributed by atoms with van der Waals surface area (Å²) in [6.07, 6.45) is 4.52. The van der Waals surface area contributed by atoms with Crippen LogP contribution in [0.15, 0.2) is 12.2 Å². The normalized spacial score (nSPS) is 8.13. The fourth-order valence-corrected chi connectivity index (χ4v) is 0.817. The highest BCUT2D eigenvalue weighted by atomic mass is 16.5. The molecule has 0 spiro atoms. The highest BCUT2D eigenvalue weighted by molar-refractivity contribution is 5.86. The van der Waals surface area contributed by atoms with Crippen molar-refractivity contribution in [2.24, 2.45) is 0 Å². The van der Waals surface area contributed by atoms with Crippen LogP contribution in [-0.2, 0) is 9.53 Å². The number of rotatable bonds is 6. The van der Waals surface area contributed by atoms with Gasteiger partial charge in [0.2, 0.25) is 4.91 Å². The molecule has 15 heavy (non-hydrogen) atoms. The number of nitrogens with zero attached hydrogens (tertiary/aromatic N) is 1. The number of unbranched alkanes of at least 4 members (excludes halogenated alkanes) is 3. The Kier molecular flexibility index (Phi) is 13.3. The molecule has 0 unspecified atom stereocenters. The maximum Gasteiger partial charge on any atom is 0.333 e. The van der Waals surface area contributed by atoms with Gasteiger partial charge in [-0.2, -0.15) is 0 Å². The Balaban J connectivity index is 0. The number of ether oxygens (including phenoxy) is 1. The van der Waals surface area contributed by atoms with E-state index in [2.05, 4.69) is 13.5 Å². The summed E-state index contributed by atoms with van der Waals surface area (Å²) >= 11 is 0. The number of carbonyl (C=O) groups is 1. The first kappa shape index (κ1) is 16.0. The van der Waals surface area contributed by atoms with E-state index in [4.69, 9.17) is 15.8 Å². The van der Waals surface area contributed by atoms with Crippen molar-refractivity contribution in [2.45, 2.75) is 39.5 Å². The van der Waals surface area contributed by atoms with E-state index in [0.29, 0.717) is 12.2 Å². The minimum absolute atomic E-state index is 0.272. The molecule has 0 heterocycles. The van der Waals surface area contributed by atoms with Gasteiger partial charge in [-0.15, -0.1) is 0 Å². The van der Waals surface area contributed by atoms with Crippen molar-refractivity contribution in [1.29, 1.82) is 11.1 Å². The predicted molar refractivity (Wildman–Crippen MR) is 57.5 cm³/mol. The molecule has 0 bridgehead atoms. The van der Waals surface area contributed by atoms with Crippen LogP contribution in [0.4, 0.5) is 0 Å². The van der Waals surface area contributed by atoms with Crippen LogP contribution in [0, 0.1) is 11.1 Å². The molecule has 0 saturated carbocycles. The average molecular weight is 214 g/mol. The molecule has 0 aliphatic rings. The van der Waals surface area contributed by atoms with Crippen molar-refractivity contribution in [2.75, 3.05) is 6.61 Å². The van der Waals surface area contributed by atoms with Crippen molar-refractivity contribution in [3.8, 4) is 0 Å². The first-order valence-electron chi connectivity index (χ1n) is 4.95. The van der Waals surface area contributed by atoms with Crippen molar-refractivity contribution in [1.82, 2.24) is 4.91 Å². The molecular formula is C10H20N3O2+. The summed E-state index contributed by atoms with van der Waals surface area (Å²) in [5, 5.41) is 0. The van der Waals surface area contributed by atoms with Crippen LogP contribution < -0.4 is 4.91 Å². The summed E-state index contributed by atoms with van der Waals surface area (Å²) in [4.78, 5) is 12.9. The number of hydrogen-bond donors (Lipinski definition) is 2. The molecule has 0 radical (unpaired) electrons. The van der Waals surface area contributed by atoms with Crippen LogP contribution in [0.1, 0.15) is 39.5 Å². The van der Waals surface area contributed by atoms with Gasteiger partial charge in [0.15, 0.2) is 0 Å². The lowest BCUT2D eigenvalue weighted by Gasteiger charge is -2.02. The molecule has 0 aromatic rings. The maximum absolute atomic E-state index is 10.9. The van der Waals surface area contributed by atoms with Crippen LogP contribution in [0.25, 0.3) is 0 Å². The van der Waals surface area contributed by atoms with Gasteiger partial charge in [-0.25, -0.2) is 4.79 Å². The first-order valence-corrected chi connectivity index (χ1v) is 4.95. The van der Waals surface area contributed by atoms with E-state index >= 15 is 0 Å². The predicted octanol–water partition coefficient (Wildman–Crippen LogP) is 2.80. The Morgan fingerprint density at radius 1 is 1.33 bits per heavy atom. The summed E-state index contributed by atoms with van der Waals surface area (Å²) in [5.41, 5.74) is 11.5. The Labute approximate surface area is 90.5 Å². The lowest BCUT2D eigenvalue weighted by atomic mass is 10.2. The van der Waals surface area contributed by atoms with Gasteiger partial charge in [-0.1, -0.05) is 32.8 Å². The molecule has 0 saturated heterocycles. The topological polar surface area (TPSA) is 88.1 Å². The summed E-state index contributed by atoms with van der Waals surface area (Å²) in [6.45, 7) is 7.84. The van der Waals surface area contributed by atoms with Gasteiger partial charge in [-0.3, -0.25) is 0 Å². The third-order valence-corrected chi connectivity index (χ3v) is 1.58. The Morgan fingerprint density at radius 2 is 1.87 bits per heavy atom. The highest BCUT2D eigenvalue weighted by Gasteiger charge is 2.00. The maximum atomic E-state index is 10.9. The number of esters is 1. The van der Waals surface area contributed by atoms with E-state index in [9.17, 15) is 4.79 Å². The van der Waals surface area contributed by atoms with Crippen molar-refractivity contribution in [3.05, 3.63) is 12.2 Å². The van der Waals surface area contributed by atoms with Gasteiger partial charge in [0.05, 0.1) is 6.61 Å². The monoisotopic (exact) mass is 214 g/mol. The molecule has 0 amide bonds. The standard InChI is InChI=1S/C10H18O2.H2N3/c1-4-5-6-7-8-12-10(11)9(2)3;1-3-2/h2,4-8H2,1,3H3;1-2H/q;+1. The second-order valence-corrected chi connectivity index (χ2v) is 3.09. The average Bonchev–Trinajstić information content (AvgIpc) is 2.18. The number of nitrogens with one attached hydrogen (secondary N) is 2. The van der Waals surface area contributed by atoms with E-state index in [0.717, 1.165) is 12.8 Å². The fraction of sp³-hybridized carbons (Fsp3) is 0.700. The zero-order valence-electron chi connectivity index (χ0n) is 9.51. The van der Waals surface area contributed by atoms with Crippen molar-refractivity contribution in [3.63, 3.8) is 0 Å². The second kappa shape index (κ2) is 12.5. The van der Waals surface area contributed by atoms with Gasteiger partial charge < -0.3 is 4.74 Å². The lowest BCUT2D eigenvalue weighted by Crippen LogP contribution is -2.05. The minimum Gasteiger partial charge on any atom is -0.462 e. The third kappa shape index (κ3) is 15.3. The molecule has 5 heteroatoms. The summed E-state index contributed by atoms with van der Waals surface area (Å²) < 4.78 is 4.91. The fourth-order valence-electron chi connectivity index (χ4n) is 0.817. The van der Waals surface area contributed by atoms with Gasteiger partial charge in [0.1, 0.15) is 11.1 Å². The summed E-state index contributed by atoms with van der Waals surface area (Å²) in [7, 11) is 0. The molecule has 0 atom stereocenters. The second-order valence-electron chi connectivity index (χ2n) is 3.09. The molecule has 0 aromatic heterocycles. The van der Waals surface area contributed by atoms with Gasteiger partial charge in [0, 0.05) is 5.57 Å². The van der Waals surface area contributed by atoms with Crippen LogP contribution >= 0.6 is 0 Å². The van der Waals surface area contributed by atoms with Gasteiger partial charge >= 0.3 is 5.97 Å². The van der Waals surface area contributed by atoms with E-state index in [1.807, 2.05) is 4.91 Å². The summed E-state index contributed by atoms with van der Waals surface area (Å²) in [5.74, 6) is -0.272. The largest absolute Gasteiger partial charge is 0.462 e. The van der Waals surface area contributed by atoms with Crippen molar-refractivity contribution >= 4 is 5.97 Å². The molecule has 0 aliphatic heterocycles. The SMILES string of the molecule is C=C(C)C(=O)OCCCCCC.N=[N+]=N. The van der Waals surface area contributed by atoms with Crippen LogP contribution in [-0.4, -0.2) is 12.6 Å². The smallest absolute Gasteiger partial charge is 0.333 e. The Bertz CT molecular complexity index is 221. The quantitative estimate of drug-likeness (QED) is 0.234. The van der Waals surface area contributed by atoms with Crippen LogP contribution in [0.3, 0.4) is 0 Å². The van der Waals surface area contributed by atoms with E-state index in [1.54, 1.807) is 6.92 Å². The zero-order chi connectivity index (χ0) is 12.1. The molecule has 0 rings (SSSR count). The minimum atomic E-state index is -0.272. The number of carbonyl (C=O) groups excluding carboxylic acids is 1. The first-order chi connectivity index (χ1) is 7.09. The van der Waals surface area contributed by atoms with E-state index in [1.165, 1.54) is 12.8 Å². The lowest BCUT2D eigenvalue weighted by molar-refractivity contribution is -0.139. The molecule has 0 aliphatic carbocycles. The van der Waals surface area contributed by atoms with Crippen molar-refractivity contribution < 1.29 is 9.53 Å². The third-order valence-electron chi connectivity index (χ3n) is 1.58. The Morgan fingerprint density at radius 3 is 2.27 bits per heavy atom. The molecular weight excluding hydrogens is 194 g/mol. The molecule has 5 nitrogen and oxygen atoms in total.